The summed E-state index contributed by atoms with van der Waals surface area (Å²) in [7, 11) is 0. The second-order valence-electron chi connectivity index (χ2n) is 4.03. The quantitative estimate of drug-likeness (QED) is 0.506. The predicted octanol–water partition coefficient (Wildman–Crippen LogP) is 3.51. The molecule has 18 heavy (non-hydrogen) atoms. The van der Waals surface area contributed by atoms with E-state index in [0.717, 1.165) is 16.6 Å². The highest BCUT2D eigenvalue weighted by molar-refractivity contribution is 5.71. The van der Waals surface area contributed by atoms with Gasteiger partial charge in [0, 0.05) is 11.6 Å². The van der Waals surface area contributed by atoms with Crippen LogP contribution in [0.15, 0.2) is 60.8 Å². The van der Waals surface area contributed by atoms with Crippen LogP contribution in [0.25, 0.3) is 16.6 Å². The van der Waals surface area contributed by atoms with Gasteiger partial charge in [-0.05, 0) is 28.7 Å². The smallest absolute Gasteiger partial charge is 0.327 e. The Labute approximate surface area is 103 Å². The summed E-state index contributed by atoms with van der Waals surface area (Å²) in [6.07, 6.45) is 1.79. The molecule has 0 saturated heterocycles. The monoisotopic (exact) mass is 238 g/mol. The molecule has 1 aromatic carbocycles. The van der Waals surface area contributed by atoms with Crippen molar-refractivity contribution in [2.75, 3.05) is 0 Å². The molecule has 2 heterocycles. The Morgan fingerprint density at radius 3 is 2.44 bits per heavy atom. The molecule has 3 aromatic rings. The van der Waals surface area contributed by atoms with Crippen molar-refractivity contribution in [3.63, 3.8) is 0 Å². The molecule has 0 aliphatic heterocycles. The molecule has 2 aromatic heterocycles. The van der Waals surface area contributed by atoms with E-state index in [9.17, 15) is 10.1 Å². The molecule has 0 aliphatic rings. The normalized spacial score (nSPS) is 10.7. The minimum atomic E-state index is -0.373. The third-order valence-electron chi connectivity index (χ3n) is 2.90. The maximum absolute atomic E-state index is 10.9. The van der Waals surface area contributed by atoms with Gasteiger partial charge in [-0.1, -0.05) is 30.3 Å². The molecule has 0 saturated carbocycles. The second-order valence-corrected chi connectivity index (χ2v) is 4.03. The molecular formula is C14H10N2O2. The number of pyridine rings is 1. The van der Waals surface area contributed by atoms with Gasteiger partial charge < -0.3 is 10.1 Å². The molecule has 4 heteroatoms. The van der Waals surface area contributed by atoms with Crippen molar-refractivity contribution >= 4 is 11.3 Å². The minimum Gasteiger partial charge on any atom is -0.358 e. The lowest BCUT2D eigenvalue weighted by atomic mass is 10.1. The number of aromatic nitrogens is 1. The first-order chi connectivity index (χ1) is 8.75. The van der Waals surface area contributed by atoms with Gasteiger partial charge in [0.2, 0.25) is 0 Å². The zero-order valence-electron chi connectivity index (χ0n) is 9.48. The molecule has 0 aliphatic carbocycles. The van der Waals surface area contributed by atoms with E-state index in [4.69, 9.17) is 0 Å². The Morgan fingerprint density at radius 1 is 0.944 bits per heavy atom. The van der Waals surface area contributed by atoms with Crippen LogP contribution in [-0.2, 0) is 0 Å². The second kappa shape index (κ2) is 4.00. The SMILES string of the molecule is O=[N+]([O-])c1cccc2cc(-c3ccccc3)cn12. The van der Waals surface area contributed by atoms with Crippen molar-refractivity contribution in [3.8, 4) is 11.1 Å². The highest BCUT2D eigenvalue weighted by Gasteiger charge is 2.13. The van der Waals surface area contributed by atoms with Gasteiger partial charge in [-0.15, -0.1) is 0 Å². The van der Waals surface area contributed by atoms with E-state index < -0.39 is 0 Å². The van der Waals surface area contributed by atoms with E-state index in [1.807, 2.05) is 42.5 Å². The van der Waals surface area contributed by atoms with Crippen LogP contribution in [0.1, 0.15) is 0 Å². The van der Waals surface area contributed by atoms with Gasteiger partial charge in [0.05, 0.1) is 0 Å². The lowest BCUT2D eigenvalue weighted by molar-refractivity contribution is -0.390. The molecule has 0 spiro atoms. The van der Waals surface area contributed by atoms with E-state index in [-0.39, 0.29) is 10.7 Å². The van der Waals surface area contributed by atoms with Crippen molar-refractivity contribution in [1.29, 1.82) is 0 Å². The van der Waals surface area contributed by atoms with Crippen LogP contribution in [0.3, 0.4) is 0 Å². The van der Waals surface area contributed by atoms with Gasteiger partial charge in [-0.3, -0.25) is 0 Å². The highest BCUT2D eigenvalue weighted by atomic mass is 16.6. The summed E-state index contributed by atoms with van der Waals surface area (Å²) in [5.74, 6) is 0.0784. The van der Waals surface area contributed by atoms with E-state index in [2.05, 4.69) is 0 Å². The van der Waals surface area contributed by atoms with Crippen LogP contribution in [-0.4, -0.2) is 9.32 Å². The van der Waals surface area contributed by atoms with Crippen molar-refractivity contribution in [3.05, 3.63) is 70.9 Å². The molecule has 0 bridgehead atoms. The Hall–Kier alpha value is -2.62. The molecule has 88 valence electrons. The Balaban J connectivity index is 2.23. The average molecular weight is 238 g/mol. The van der Waals surface area contributed by atoms with E-state index in [1.165, 1.54) is 6.07 Å². The summed E-state index contributed by atoms with van der Waals surface area (Å²) in [5.41, 5.74) is 2.85. The summed E-state index contributed by atoms with van der Waals surface area (Å²) >= 11 is 0. The van der Waals surface area contributed by atoms with Crippen molar-refractivity contribution in [2.24, 2.45) is 0 Å². The number of rotatable bonds is 2. The Morgan fingerprint density at radius 2 is 1.72 bits per heavy atom. The summed E-state index contributed by atoms with van der Waals surface area (Å²) in [6.45, 7) is 0. The summed E-state index contributed by atoms with van der Waals surface area (Å²) in [4.78, 5) is 10.6. The molecule has 3 rings (SSSR count). The first-order valence-electron chi connectivity index (χ1n) is 5.56. The third kappa shape index (κ3) is 1.64. The zero-order valence-corrected chi connectivity index (χ0v) is 9.48. The molecular weight excluding hydrogens is 228 g/mol. The van der Waals surface area contributed by atoms with Gasteiger partial charge >= 0.3 is 5.82 Å². The number of nitro groups is 1. The molecule has 0 atom stereocenters. The number of hydrogen-bond donors (Lipinski definition) is 0. The molecule has 0 unspecified atom stereocenters. The van der Waals surface area contributed by atoms with Crippen LogP contribution in [0, 0.1) is 10.1 Å². The standard InChI is InChI=1S/C14H10N2O2/c17-16(18)14-8-4-7-13-9-12(10-15(13)14)11-5-2-1-3-6-11/h1-10H. The Bertz CT molecular complexity index is 717. The van der Waals surface area contributed by atoms with Crippen molar-refractivity contribution < 1.29 is 4.92 Å². The lowest BCUT2D eigenvalue weighted by Crippen LogP contribution is -1.95. The van der Waals surface area contributed by atoms with Gasteiger partial charge in [0.1, 0.15) is 11.7 Å². The van der Waals surface area contributed by atoms with E-state index in [1.54, 1.807) is 16.7 Å². The van der Waals surface area contributed by atoms with Gasteiger partial charge in [-0.25, -0.2) is 0 Å². The number of nitrogens with zero attached hydrogens (tertiary/aromatic N) is 2. The molecule has 0 amide bonds. The highest BCUT2D eigenvalue weighted by Crippen LogP contribution is 2.25. The largest absolute Gasteiger partial charge is 0.358 e. The Kier molecular flexibility index (Phi) is 2.34. The first-order valence-corrected chi connectivity index (χ1v) is 5.56. The zero-order chi connectivity index (χ0) is 12.5. The fourth-order valence-electron chi connectivity index (χ4n) is 2.06. The topological polar surface area (TPSA) is 47.5 Å². The maximum atomic E-state index is 10.9. The summed E-state index contributed by atoms with van der Waals surface area (Å²) < 4.78 is 1.60. The summed E-state index contributed by atoms with van der Waals surface area (Å²) in [5, 5.41) is 10.9. The van der Waals surface area contributed by atoms with Gasteiger partial charge in [-0.2, -0.15) is 4.40 Å². The average Bonchev–Trinajstić information content (AvgIpc) is 2.83. The molecule has 0 fully saturated rings. The molecule has 0 N–H and O–H groups in total. The fourth-order valence-corrected chi connectivity index (χ4v) is 2.06. The molecule has 4 nitrogen and oxygen atoms in total. The lowest BCUT2D eigenvalue weighted by Gasteiger charge is -1.96. The van der Waals surface area contributed by atoms with Crippen molar-refractivity contribution in [2.45, 2.75) is 0 Å². The van der Waals surface area contributed by atoms with Gasteiger partial charge in [0.15, 0.2) is 0 Å². The molecule has 0 radical (unpaired) electrons. The van der Waals surface area contributed by atoms with Crippen LogP contribution < -0.4 is 0 Å². The van der Waals surface area contributed by atoms with Crippen LogP contribution in [0.5, 0.6) is 0 Å². The van der Waals surface area contributed by atoms with E-state index >= 15 is 0 Å². The van der Waals surface area contributed by atoms with Crippen molar-refractivity contribution in [1.82, 2.24) is 4.40 Å². The fraction of sp³-hybridized carbons (Fsp3) is 0. The van der Waals surface area contributed by atoms with Crippen LogP contribution in [0.4, 0.5) is 5.82 Å². The van der Waals surface area contributed by atoms with Gasteiger partial charge in [0.25, 0.3) is 0 Å². The number of hydrogen-bond acceptors (Lipinski definition) is 2. The van der Waals surface area contributed by atoms with Crippen LogP contribution in [0.2, 0.25) is 0 Å². The minimum absolute atomic E-state index is 0.0784. The maximum Gasteiger partial charge on any atom is 0.327 e. The number of benzene rings is 1. The first kappa shape index (κ1) is 10.5. The number of fused-ring (bicyclic) bond motifs is 1. The third-order valence-corrected chi connectivity index (χ3v) is 2.90. The predicted molar refractivity (Wildman–Crippen MR) is 69.5 cm³/mol. The van der Waals surface area contributed by atoms with Crippen LogP contribution >= 0.6 is 0 Å². The summed E-state index contributed by atoms with van der Waals surface area (Å²) in [6, 6.07) is 16.8. The van der Waals surface area contributed by atoms with E-state index in [0.29, 0.717) is 0 Å².